The van der Waals surface area contributed by atoms with E-state index < -0.39 is 5.54 Å². The third kappa shape index (κ3) is 9.06. The van der Waals surface area contributed by atoms with Crippen LogP contribution in [0.5, 0.6) is 0 Å². The topological polar surface area (TPSA) is 50.8 Å². The van der Waals surface area contributed by atoms with E-state index in [4.69, 9.17) is 9.47 Å². The molecule has 0 spiro atoms. The van der Waals surface area contributed by atoms with Crippen LogP contribution in [0.1, 0.15) is 47.5 Å². The first kappa shape index (κ1) is 20.3. The fraction of sp³-hybridized carbons (Fsp3) is 0.938. The van der Waals surface area contributed by atoms with Crippen molar-refractivity contribution in [3.63, 3.8) is 0 Å². The Morgan fingerprint density at radius 2 is 1.90 bits per heavy atom. The largest absolute Gasteiger partial charge is 0.465 e. The first-order valence-corrected chi connectivity index (χ1v) is 8.07. The van der Waals surface area contributed by atoms with Crippen molar-refractivity contribution in [1.29, 1.82) is 0 Å². The maximum Gasteiger partial charge on any atom is 0.326 e. The Balaban J connectivity index is 4.26. The monoisotopic (exact) mass is 302 g/mol. The van der Waals surface area contributed by atoms with Gasteiger partial charge in [-0.3, -0.25) is 10.1 Å². The number of esters is 1. The SMILES string of the molecule is CCOCCN(C)CCCC(C)(NC(C)C)C(=O)OCC. The van der Waals surface area contributed by atoms with Crippen molar-refractivity contribution in [1.82, 2.24) is 10.2 Å². The normalized spacial score (nSPS) is 14.5. The molecule has 1 N–H and O–H groups in total. The van der Waals surface area contributed by atoms with E-state index in [0.29, 0.717) is 6.61 Å². The second-order valence-corrected chi connectivity index (χ2v) is 5.96. The third-order valence-corrected chi connectivity index (χ3v) is 3.37. The van der Waals surface area contributed by atoms with Gasteiger partial charge < -0.3 is 14.4 Å². The minimum atomic E-state index is -0.606. The molecule has 126 valence electrons. The molecule has 0 radical (unpaired) electrons. The van der Waals surface area contributed by atoms with Crippen molar-refractivity contribution < 1.29 is 14.3 Å². The Bertz CT molecular complexity index is 285. The molecule has 0 aliphatic rings. The van der Waals surface area contributed by atoms with Crippen LogP contribution in [0.15, 0.2) is 0 Å². The highest BCUT2D eigenvalue weighted by molar-refractivity contribution is 5.80. The summed E-state index contributed by atoms with van der Waals surface area (Å²) < 4.78 is 10.6. The summed E-state index contributed by atoms with van der Waals surface area (Å²) in [5.41, 5.74) is -0.606. The molecule has 5 nitrogen and oxygen atoms in total. The molecule has 1 atom stereocenters. The van der Waals surface area contributed by atoms with Gasteiger partial charge in [0.2, 0.25) is 0 Å². The van der Waals surface area contributed by atoms with Crippen molar-refractivity contribution in [2.45, 2.75) is 59.0 Å². The summed E-state index contributed by atoms with van der Waals surface area (Å²) >= 11 is 0. The summed E-state index contributed by atoms with van der Waals surface area (Å²) in [6.45, 7) is 13.7. The van der Waals surface area contributed by atoms with Crippen LogP contribution in [0.2, 0.25) is 0 Å². The summed E-state index contributed by atoms with van der Waals surface area (Å²) in [4.78, 5) is 14.4. The van der Waals surface area contributed by atoms with Crippen LogP contribution < -0.4 is 5.32 Å². The van der Waals surface area contributed by atoms with Crippen molar-refractivity contribution in [2.75, 3.05) is 40.0 Å². The summed E-state index contributed by atoms with van der Waals surface area (Å²) in [5.74, 6) is -0.157. The molecule has 1 unspecified atom stereocenters. The number of rotatable bonds is 12. The molecule has 0 aromatic carbocycles. The number of carbonyl (C=O) groups excluding carboxylic acids is 1. The highest BCUT2D eigenvalue weighted by Crippen LogP contribution is 2.16. The van der Waals surface area contributed by atoms with Crippen molar-refractivity contribution in [2.24, 2.45) is 0 Å². The molecule has 0 aromatic rings. The van der Waals surface area contributed by atoms with Crippen LogP contribution >= 0.6 is 0 Å². The number of hydrogen-bond acceptors (Lipinski definition) is 5. The van der Waals surface area contributed by atoms with Gasteiger partial charge in [-0.15, -0.1) is 0 Å². The fourth-order valence-corrected chi connectivity index (χ4v) is 2.34. The molecule has 0 aliphatic carbocycles. The number of likely N-dealkylation sites (N-methyl/N-ethyl adjacent to an activating group) is 1. The maximum absolute atomic E-state index is 12.2. The molecule has 0 aliphatic heterocycles. The number of ether oxygens (including phenoxy) is 2. The Hall–Kier alpha value is -0.650. The minimum Gasteiger partial charge on any atom is -0.465 e. The van der Waals surface area contributed by atoms with Crippen LogP contribution in [0.4, 0.5) is 0 Å². The van der Waals surface area contributed by atoms with Crippen molar-refractivity contribution >= 4 is 5.97 Å². The van der Waals surface area contributed by atoms with E-state index in [9.17, 15) is 4.79 Å². The van der Waals surface area contributed by atoms with Crippen LogP contribution in [-0.2, 0) is 14.3 Å². The van der Waals surface area contributed by atoms with E-state index >= 15 is 0 Å². The zero-order chi connectivity index (χ0) is 16.3. The molecule has 21 heavy (non-hydrogen) atoms. The Morgan fingerprint density at radius 1 is 1.24 bits per heavy atom. The molecule has 0 aromatic heterocycles. The van der Waals surface area contributed by atoms with Gasteiger partial charge in [-0.2, -0.15) is 0 Å². The zero-order valence-electron chi connectivity index (χ0n) is 14.7. The smallest absolute Gasteiger partial charge is 0.326 e. The summed E-state index contributed by atoms with van der Waals surface area (Å²) in [6, 6.07) is 0.245. The van der Waals surface area contributed by atoms with Gasteiger partial charge in [-0.05, 0) is 61.1 Å². The molecule has 0 bridgehead atoms. The van der Waals surface area contributed by atoms with Crippen LogP contribution in [0, 0.1) is 0 Å². The summed E-state index contributed by atoms with van der Waals surface area (Å²) in [5, 5.41) is 3.35. The second-order valence-electron chi connectivity index (χ2n) is 5.96. The molecule has 0 saturated heterocycles. The molecule has 5 heteroatoms. The maximum atomic E-state index is 12.2. The highest BCUT2D eigenvalue weighted by atomic mass is 16.5. The summed E-state index contributed by atoms with van der Waals surface area (Å²) in [7, 11) is 2.08. The lowest BCUT2D eigenvalue weighted by Crippen LogP contribution is -2.53. The Morgan fingerprint density at radius 3 is 2.43 bits per heavy atom. The van der Waals surface area contributed by atoms with Gasteiger partial charge in [0.15, 0.2) is 0 Å². The molecule has 0 amide bonds. The first-order chi connectivity index (χ1) is 9.85. The summed E-state index contributed by atoms with van der Waals surface area (Å²) in [6.07, 6.45) is 1.71. The van der Waals surface area contributed by atoms with Crippen molar-refractivity contribution in [3.05, 3.63) is 0 Å². The van der Waals surface area contributed by atoms with E-state index in [1.807, 2.05) is 34.6 Å². The molecule has 0 fully saturated rings. The van der Waals surface area contributed by atoms with E-state index in [-0.39, 0.29) is 12.0 Å². The lowest BCUT2D eigenvalue weighted by molar-refractivity contribution is -0.151. The number of nitrogens with one attached hydrogen (secondary N) is 1. The van der Waals surface area contributed by atoms with Crippen molar-refractivity contribution in [3.8, 4) is 0 Å². The molecule has 0 heterocycles. The van der Waals surface area contributed by atoms with Crippen LogP contribution in [0.25, 0.3) is 0 Å². The van der Waals surface area contributed by atoms with Crippen LogP contribution in [-0.4, -0.2) is 62.4 Å². The predicted molar refractivity (Wildman–Crippen MR) is 86.5 cm³/mol. The average molecular weight is 302 g/mol. The van der Waals surface area contributed by atoms with Gasteiger partial charge in [0.05, 0.1) is 13.2 Å². The second kappa shape index (κ2) is 11.0. The Kier molecular flexibility index (Phi) is 10.6. The number of hydrogen-bond donors (Lipinski definition) is 1. The fourth-order valence-electron chi connectivity index (χ4n) is 2.34. The standard InChI is InChI=1S/C16H34N2O3/c1-7-20-13-12-18(6)11-9-10-16(5,17-14(3)4)15(19)21-8-2/h14,17H,7-13H2,1-6H3. The lowest BCUT2D eigenvalue weighted by atomic mass is 9.94. The van der Waals surface area contributed by atoms with Gasteiger partial charge >= 0.3 is 5.97 Å². The third-order valence-electron chi connectivity index (χ3n) is 3.37. The number of nitrogens with zero attached hydrogens (tertiary/aromatic N) is 1. The van der Waals surface area contributed by atoms with Gasteiger partial charge in [0.1, 0.15) is 5.54 Å². The van der Waals surface area contributed by atoms with E-state index in [1.165, 1.54) is 0 Å². The van der Waals surface area contributed by atoms with E-state index in [2.05, 4.69) is 17.3 Å². The Labute approximate surface area is 130 Å². The van der Waals surface area contributed by atoms with Gasteiger partial charge in [-0.25, -0.2) is 0 Å². The van der Waals surface area contributed by atoms with Gasteiger partial charge in [0, 0.05) is 19.2 Å². The molecular weight excluding hydrogens is 268 g/mol. The zero-order valence-corrected chi connectivity index (χ0v) is 14.7. The van der Waals surface area contributed by atoms with Crippen LogP contribution in [0.3, 0.4) is 0 Å². The molecular formula is C16H34N2O3. The van der Waals surface area contributed by atoms with Gasteiger partial charge in [-0.1, -0.05) is 0 Å². The lowest BCUT2D eigenvalue weighted by Gasteiger charge is -2.31. The molecule has 0 rings (SSSR count). The predicted octanol–water partition coefficient (Wildman–Crippen LogP) is 2.05. The minimum absolute atomic E-state index is 0.157. The average Bonchev–Trinajstić information content (AvgIpc) is 2.38. The first-order valence-electron chi connectivity index (χ1n) is 8.07. The number of carbonyl (C=O) groups is 1. The van der Waals surface area contributed by atoms with E-state index in [1.54, 1.807) is 0 Å². The quantitative estimate of drug-likeness (QED) is 0.442. The highest BCUT2D eigenvalue weighted by Gasteiger charge is 2.34. The van der Waals surface area contributed by atoms with E-state index in [0.717, 1.165) is 39.1 Å². The molecule has 0 saturated carbocycles. The van der Waals surface area contributed by atoms with Gasteiger partial charge in [0.25, 0.3) is 0 Å².